The monoisotopic (exact) mass is 629 g/mol. The number of aliphatic imine (C=N–C) groups is 1. The molecule has 1 aliphatic rings. The molecule has 1 aliphatic heterocycles. The van der Waals surface area contributed by atoms with Gasteiger partial charge in [0.05, 0.1) is 39.8 Å². The van der Waals surface area contributed by atoms with Crippen LogP contribution in [0.5, 0.6) is 0 Å². The lowest BCUT2D eigenvalue weighted by molar-refractivity contribution is 1.02. The van der Waals surface area contributed by atoms with Gasteiger partial charge in [-0.3, -0.25) is 0 Å². The molecule has 0 spiro atoms. The van der Waals surface area contributed by atoms with Crippen LogP contribution in [0, 0.1) is 0 Å². The Kier molecular flexibility index (Phi) is 5.32. The van der Waals surface area contributed by atoms with E-state index < -0.39 is 0 Å². The van der Waals surface area contributed by atoms with Crippen molar-refractivity contribution in [2.45, 2.75) is 6.04 Å². The topological polar surface area (TPSA) is 29.3 Å². The molecule has 0 amide bonds. The zero-order valence-corrected chi connectivity index (χ0v) is 26.6. The molecule has 4 heteroatoms. The Morgan fingerprint density at radius 3 is 1.90 bits per heavy atom. The summed E-state index contributed by atoms with van der Waals surface area (Å²) in [6.07, 6.45) is 0. The number of nitrogens with one attached hydrogen (secondary N) is 1. The molecule has 0 fully saturated rings. The number of anilines is 1. The molecule has 0 bridgehead atoms. The van der Waals surface area contributed by atoms with Gasteiger partial charge in [0, 0.05) is 36.3 Å². The second kappa shape index (κ2) is 9.77. The average molecular weight is 630 g/mol. The largest absolute Gasteiger partial charge is 0.371 e. The molecule has 1 atom stereocenters. The lowest BCUT2D eigenvalue weighted by atomic mass is 9.90. The van der Waals surface area contributed by atoms with E-state index >= 15 is 0 Å². The fourth-order valence-electron chi connectivity index (χ4n) is 8.16. The van der Waals surface area contributed by atoms with Crippen molar-refractivity contribution in [3.63, 3.8) is 0 Å². The summed E-state index contributed by atoms with van der Waals surface area (Å²) in [4.78, 5) is 5.25. The second-order valence-electron chi connectivity index (χ2n) is 12.7. The minimum Gasteiger partial charge on any atom is -0.371 e. The molecular formula is C44H27N3S. The zero-order valence-electron chi connectivity index (χ0n) is 25.8. The van der Waals surface area contributed by atoms with Gasteiger partial charge in [0.25, 0.3) is 0 Å². The van der Waals surface area contributed by atoms with Crippen molar-refractivity contribution in [1.82, 2.24) is 4.57 Å². The van der Waals surface area contributed by atoms with Gasteiger partial charge in [-0.05, 0) is 69.8 Å². The molecule has 3 nitrogen and oxygen atoms in total. The maximum Gasteiger partial charge on any atom is 0.0953 e. The summed E-state index contributed by atoms with van der Waals surface area (Å²) < 4.78 is 5.14. The third kappa shape index (κ3) is 3.55. The second-order valence-corrected chi connectivity index (χ2v) is 13.8. The van der Waals surface area contributed by atoms with Gasteiger partial charge in [-0.15, -0.1) is 11.3 Å². The molecule has 0 saturated carbocycles. The molecule has 0 saturated heterocycles. The number of para-hydroxylation sites is 2. The highest BCUT2D eigenvalue weighted by Crippen LogP contribution is 2.47. The quantitative estimate of drug-likeness (QED) is 0.207. The van der Waals surface area contributed by atoms with Gasteiger partial charge < -0.3 is 9.88 Å². The number of rotatable bonds is 3. The lowest BCUT2D eigenvalue weighted by Crippen LogP contribution is -2.25. The lowest BCUT2D eigenvalue weighted by Gasteiger charge is -2.29. The molecule has 0 radical (unpaired) electrons. The minimum absolute atomic E-state index is 0.111. The van der Waals surface area contributed by atoms with E-state index in [9.17, 15) is 0 Å². The summed E-state index contributed by atoms with van der Waals surface area (Å²) in [5.74, 6) is 0. The van der Waals surface area contributed by atoms with Crippen LogP contribution in [0.2, 0.25) is 0 Å². The van der Waals surface area contributed by atoms with Gasteiger partial charge in [-0.1, -0.05) is 109 Å². The fraction of sp³-hybridized carbons (Fsp3) is 0.0227. The number of aromatic nitrogens is 1. The number of fused-ring (bicyclic) bond motifs is 2. The van der Waals surface area contributed by atoms with Crippen LogP contribution in [0.3, 0.4) is 0 Å². The van der Waals surface area contributed by atoms with Crippen LogP contribution in [-0.4, -0.2) is 10.3 Å². The van der Waals surface area contributed by atoms with Crippen molar-refractivity contribution in [2.75, 3.05) is 5.32 Å². The van der Waals surface area contributed by atoms with Gasteiger partial charge in [-0.25, -0.2) is 4.99 Å². The van der Waals surface area contributed by atoms with Crippen molar-refractivity contribution >= 4 is 91.9 Å². The van der Waals surface area contributed by atoms with E-state index in [1.807, 2.05) is 11.3 Å². The predicted octanol–water partition coefficient (Wildman–Crippen LogP) is 12.2. The first-order valence-corrected chi connectivity index (χ1v) is 17.2. The third-order valence-electron chi connectivity index (χ3n) is 10.2. The highest BCUT2D eigenvalue weighted by molar-refractivity contribution is 7.24. The normalized spacial score (nSPS) is 14.8. The third-order valence-corrected chi connectivity index (χ3v) is 11.3. The van der Waals surface area contributed by atoms with Crippen molar-refractivity contribution in [2.24, 2.45) is 4.99 Å². The van der Waals surface area contributed by atoms with E-state index in [1.165, 1.54) is 74.8 Å². The van der Waals surface area contributed by atoms with Gasteiger partial charge in [0.15, 0.2) is 0 Å². The Bertz CT molecular complexity index is 2830. The standard InChI is InChI=1S/C44H27N3S/c1-2-10-28(11-3-1)43-44(46-33-17-7-6-16-32(33)45-43)31-22-25-34(30-15-5-4-14-29(30)31)47-35-23-20-26-12-8-18-37-39(26)41(35)42-36(47)24-21-27-13-9-19-38(48-37)40(27)42/h1-25,44,46H. The average Bonchev–Trinajstić information content (AvgIpc) is 3.40. The highest BCUT2D eigenvalue weighted by atomic mass is 32.1. The van der Waals surface area contributed by atoms with Crippen molar-refractivity contribution in [1.29, 1.82) is 0 Å². The van der Waals surface area contributed by atoms with Gasteiger partial charge in [0.2, 0.25) is 0 Å². The molecule has 10 aromatic rings. The molecule has 1 unspecified atom stereocenters. The summed E-state index contributed by atoms with van der Waals surface area (Å²) in [5, 5.41) is 14.3. The molecule has 1 N–H and O–H groups in total. The highest BCUT2D eigenvalue weighted by Gasteiger charge is 2.28. The molecular weight excluding hydrogens is 603 g/mol. The SMILES string of the molecule is c1ccc(C2=Nc3ccccc3NC2c2ccc(-n3c4ccc5cccc6sc7cccc8ccc3c(c87)c4c56)c3ccccc23)cc1. The molecule has 0 aliphatic carbocycles. The minimum atomic E-state index is -0.111. The molecule has 3 heterocycles. The number of hydrogen-bond acceptors (Lipinski definition) is 3. The summed E-state index contributed by atoms with van der Waals surface area (Å²) in [5.41, 5.74) is 9.05. The Balaban J connectivity index is 1.22. The molecule has 48 heavy (non-hydrogen) atoms. The smallest absolute Gasteiger partial charge is 0.0953 e. The van der Waals surface area contributed by atoms with Crippen molar-refractivity contribution in [3.8, 4) is 5.69 Å². The van der Waals surface area contributed by atoms with Crippen LogP contribution in [0.25, 0.3) is 69.2 Å². The van der Waals surface area contributed by atoms with Crippen LogP contribution in [-0.2, 0) is 0 Å². The first-order chi connectivity index (χ1) is 23.8. The van der Waals surface area contributed by atoms with Gasteiger partial charge >= 0.3 is 0 Å². The van der Waals surface area contributed by atoms with Crippen LogP contribution in [0.15, 0.2) is 157 Å². The number of hydrogen-bond donors (Lipinski definition) is 1. The van der Waals surface area contributed by atoms with Gasteiger partial charge in [0.1, 0.15) is 0 Å². The summed E-state index contributed by atoms with van der Waals surface area (Å²) >= 11 is 1.90. The first kappa shape index (κ1) is 26.1. The Labute approximate surface area is 280 Å². The number of benzene rings is 8. The van der Waals surface area contributed by atoms with Crippen molar-refractivity contribution < 1.29 is 0 Å². The van der Waals surface area contributed by atoms with Crippen LogP contribution < -0.4 is 5.32 Å². The Morgan fingerprint density at radius 1 is 0.521 bits per heavy atom. The van der Waals surface area contributed by atoms with Crippen LogP contribution >= 0.6 is 11.3 Å². The summed E-state index contributed by atoms with van der Waals surface area (Å²) in [6.45, 7) is 0. The van der Waals surface area contributed by atoms with E-state index in [4.69, 9.17) is 4.99 Å². The van der Waals surface area contributed by atoms with Crippen LogP contribution in [0.1, 0.15) is 17.2 Å². The number of nitrogens with zero attached hydrogens (tertiary/aromatic N) is 2. The maximum absolute atomic E-state index is 5.25. The molecule has 2 aromatic heterocycles. The Hall–Kier alpha value is -5.97. The van der Waals surface area contributed by atoms with Crippen LogP contribution in [0.4, 0.5) is 11.4 Å². The zero-order chi connectivity index (χ0) is 31.3. The summed E-state index contributed by atoms with van der Waals surface area (Å²) in [6, 6.07) is 55.0. The predicted molar refractivity (Wildman–Crippen MR) is 205 cm³/mol. The summed E-state index contributed by atoms with van der Waals surface area (Å²) in [7, 11) is 0. The van der Waals surface area contributed by atoms with E-state index in [0.29, 0.717) is 0 Å². The molecule has 224 valence electrons. The van der Waals surface area contributed by atoms with E-state index in [0.717, 1.165) is 22.6 Å². The van der Waals surface area contributed by atoms with Gasteiger partial charge in [-0.2, -0.15) is 0 Å². The first-order valence-electron chi connectivity index (χ1n) is 16.4. The molecule has 8 aromatic carbocycles. The van der Waals surface area contributed by atoms with E-state index in [-0.39, 0.29) is 6.04 Å². The maximum atomic E-state index is 5.25. The fourth-order valence-corrected chi connectivity index (χ4v) is 9.33. The van der Waals surface area contributed by atoms with E-state index in [1.54, 1.807) is 0 Å². The van der Waals surface area contributed by atoms with E-state index in [2.05, 4.69) is 162 Å². The Morgan fingerprint density at radius 2 is 1.17 bits per heavy atom. The molecule has 11 rings (SSSR count). The van der Waals surface area contributed by atoms with Crippen molar-refractivity contribution in [3.05, 3.63) is 163 Å².